The molecule has 0 spiro atoms. The highest BCUT2D eigenvalue weighted by atomic mass is 35.5. The summed E-state index contributed by atoms with van der Waals surface area (Å²) < 4.78 is 0. The molecule has 0 aliphatic rings. The van der Waals surface area contributed by atoms with Crippen LogP contribution in [0.25, 0.3) is 0 Å². The number of hydrogen-bond acceptors (Lipinski definition) is 3. The maximum atomic E-state index is 11.5. The number of nitrogens with one attached hydrogen (secondary N) is 1. The van der Waals surface area contributed by atoms with Crippen LogP contribution in [0.4, 0.5) is 5.69 Å². The van der Waals surface area contributed by atoms with Crippen LogP contribution in [0.3, 0.4) is 0 Å². The van der Waals surface area contributed by atoms with Gasteiger partial charge in [0.05, 0.1) is 6.42 Å². The van der Waals surface area contributed by atoms with Crippen molar-refractivity contribution in [2.24, 2.45) is 5.73 Å². The first-order valence-corrected chi connectivity index (χ1v) is 6.32. The van der Waals surface area contributed by atoms with E-state index in [-0.39, 0.29) is 24.2 Å². The minimum absolute atomic E-state index is 0. The van der Waals surface area contributed by atoms with Crippen LogP contribution in [0.5, 0.6) is 0 Å². The maximum absolute atomic E-state index is 11.5. The van der Waals surface area contributed by atoms with Crippen LogP contribution in [0.2, 0.25) is 0 Å². The predicted molar refractivity (Wildman–Crippen MR) is 83.0 cm³/mol. The lowest BCUT2D eigenvalue weighted by molar-refractivity contribution is -0.128. The van der Waals surface area contributed by atoms with Crippen molar-refractivity contribution < 1.29 is 9.59 Å². The normalized spacial score (nSPS) is 9.55. The number of nitrogens with zero attached hydrogens (tertiary/aromatic N) is 1. The van der Waals surface area contributed by atoms with Crippen molar-refractivity contribution in [3.8, 4) is 0 Å². The second kappa shape index (κ2) is 9.34. The second-order valence-corrected chi connectivity index (χ2v) is 4.60. The number of amides is 2. The third-order valence-electron chi connectivity index (χ3n) is 2.70. The molecule has 0 bridgehead atoms. The molecule has 1 aromatic carbocycles. The Morgan fingerprint density at radius 2 is 1.80 bits per heavy atom. The molecule has 3 N–H and O–H groups in total. The van der Waals surface area contributed by atoms with Crippen molar-refractivity contribution in [2.75, 3.05) is 26.0 Å². The molecule has 0 saturated carbocycles. The van der Waals surface area contributed by atoms with Gasteiger partial charge in [-0.05, 0) is 30.7 Å². The van der Waals surface area contributed by atoms with Crippen molar-refractivity contribution in [3.05, 3.63) is 29.8 Å². The molecule has 0 saturated heterocycles. The molecule has 0 atom stereocenters. The summed E-state index contributed by atoms with van der Waals surface area (Å²) >= 11 is 0. The number of halogens is 1. The van der Waals surface area contributed by atoms with E-state index in [1.54, 1.807) is 31.1 Å². The van der Waals surface area contributed by atoms with Gasteiger partial charge in [-0.2, -0.15) is 0 Å². The highest BCUT2D eigenvalue weighted by Gasteiger charge is 2.06. The van der Waals surface area contributed by atoms with Gasteiger partial charge in [0.2, 0.25) is 11.8 Å². The van der Waals surface area contributed by atoms with Gasteiger partial charge in [-0.3, -0.25) is 9.59 Å². The molecular formula is C14H22ClN3O2. The van der Waals surface area contributed by atoms with E-state index in [1.165, 1.54) is 0 Å². The number of likely N-dealkylation sites (N-methyl/N-ethyl adjacent to an activating group) is 1. The van der Waals surface area contributed by atoms with Gasteiger partial charge in [-0.25, -0.2) is 0 Å². The van der Waals surface area contributed by atoms with E-state index >= 15 is 0 Å². The van der Waals surface area contributed by atoms with Gasteiger partial charge in [-0.1, -0.05) is 12.1 Å². The Hall–Kier alpha value is -1.59. The molecule has 0 aliphatic heterocycles. The van der Waals surface area contributed by atoms with Crippen LogP contribution in [0, 0.1) is 0 Å². The van der Waals surface area contributed by atoms with Crippen molar-refractivity contribution in [2.45, 2.75) is 19.3 Å². The van der Waals surface area contributed by atoms with Crippen molar-refractivity contribution >= 4 is 29.9 Å². The average molecular weight is 300 g/mol. The standard InChI is InChI=1S/C14H21N3O2.ClH/c1-17(2)14(19)10-11-5-7-12(8-6-11)16-13(18)4-3-9-15;/h5-8H,3-4,9-10,15H2,1-2H3,(H,16,18);1H. The fourth-order valence-electron chi connectivity index (χ4n) is 1.52. The molecule has 5 nitrogen and oxygen atoms in total. The van der Waals surface area contributed by atoms with E-state index in [0.29, 0.717) is 25.8 Å². The molecule has 6 heteroatoms. The van der Waals surface area contributed by atoms with Crippen LogP contribution >= 0.6 is 12.4 Å². The van der Waals surface area contributed by atoms with Crippen molar-refractivity contribution in [1.29, 1.82) is 0 Å². The topological polar surface area (TPSA) is 75.4 Å². The highest BCUT2D eigenvalue weighted by molar-refractivity contribution is 5.90. The molecule has 0 heterocycles. The molecule has 0 aromatic heterocycles. The SMILES string of the molecule is CN(C)C(=O)Cc1ccc(NC(=O)CCCN)cc1.Cl. The first kappa shape index (κ1) is 18.4. The molecule has 2 amide bonds. The Balaban J connectivity index is 0.00000361. The lowest BCUT2D eigenvalue weighted by Gasteiger charge is -2.10. The van der Waals surface area contributed by atoms with E-state index in [1.807, 2.05) is 12.1 Å². The summed E-state index contributed by atoms with van der Waals surface area (Å²) in [5.41, 5.74) is 7.01. The first-order chi connectivity index (χ1) is 9.02. The molecule has 1 rings (SSSR count). The van der Waals surface area contributed by atoms with E-state index in [2.05, 4.69) is 5.32 Å². The quantitative estimate of drug-likeness (QED) is 0.834. The number of rotatable bonds is 6. The van der Waals surface area contributed by atoms with Gasteiger partial charge in [0.15, 0.2) is 0 Å². The molecule has 0 fully saturated rings. The zero-order valence-corrected chi connectivity index (χ0v) is 12.7. The Kier molecular flexibility index (Phi) is 8.59. The minimum atomic E-state index is -0.0393. The molecule has 0 aliphatic carbocycles. The third-order valence-corrected chi connectivity index (χ3v) is 2.70. The third kappa shape index (κ3) is 6.54. The lowest BCUT2D eigenvalue weighted by atomic mass is 10.1. The average Bonchev–Trinajstić information content (AvgIpc) is 2.38. The Morgan fingerprint density at radius 3 is 2.30 bits per heavy atom. The summed E-state index contributed by atoms with van der Waals surface area (Å²) in [6, 6.07) is 7.30. The Bertz CT molecular complexity index is 433. The van der Waals surface area contributed by atoms with E-state index in [0.717, 1.165) is 11.3 Å². The minimum Gasteiger partial charge on any atom is -0.349 e. The zero-order chi connectivity index (χ0) is 14.3. The fourth-order valence-corrected chi connectivity index (χ4v) is 1.52. The maximum Gasteiger partial charge on any atom is 0.226 e. The van der Waals surface area contributed by atoms with Crippen LogP contribution < -0.4 is 11.1 Å². The van der Waals surface area contributed by atoms with Gasteiger partial charge >= 0.3 is 0 Å². The van der Waals surface area contributed by atoms with Gasteiger partial charge < -0.3 is 16.0 Å². The summed E-state index contributed by atoms with van der Waals surface area (Å²) in [5, 5.41) is 2.79. The van der Waals surface area contributed by atoms with Gasteiger partial charge in [0.1, 0.15) is 0 Å². The zero-order valence-electron chi connectivity index (χ0n) is 11.9. The fraction of sp³-hybridized carbons (Fsp3) is 0.429. The predicted octanol–water partition coefficient (Wildman–Crippen LogP) is 1.42. The second-order valence-electron chi connectivity index (χ2n) is 4.60. The van der Waals surface area contributed by atoms with E-state index in [4.69, 9.17) is 5.73 Å². The van der Waals surface area contributed by atoms with Crippen LogP contribution in [0.1, 0.15) is 18.4 Å². The van der Waals surface area contributed by atoms with Gasteiger partial charge in [-0.15, -0.1) is 12.4 Å². The molecule has 112 valence electrons. The molecule has 0 radical (unpaired) electrons. The van der Waals surface area contributed by atoms with Crippen molar-refractivity contribution in [1.82, 2.24) is 4.90 Å². The summed E-state index contributed by atoms with van der Waals surface area (Å²) in [6.07, 6.45) is 1.48. The van der Waals surface area contributed by atoms with Crippen LogP contribution in [-0.2, 0) is 16.0 Å². The Morgan fingerprint density at radius 1 is 1.20 bits per heavy atom. The van der Waals surface area contributed by atoms with E-state index < -0.39 is 0 Å². The first-order valence-electron chi connectivity index (χ1n) is 6.32. The van der Waals surface area contributed by atoms with Crippen LogP contribution in [-0.4, -0.2) is 37.4 Å². The van der Waals surface area contributed by atoms with E-state index in [9.17, 15) is 9.59 Å². The number of carbonyl (C=O) groups is 2. The van der Waals surface area contributed by atoms with Gasteiger partial charge in [0, 0.05) is 26.2 Å². The number of nitrogens with two attached hydrogens (primary N) is 1. The molecule has 1 aromatic rings. The smallest absolute Gasteiger partial charge is 0.226 e. The number of carbonyl (C=O) groups excluding carboxylic acids is 2. The summed E-state index contributed by atoms with van der Waals surface area (Å²) in [5.74, 6) is 0.0160. The van der Waals surface area contributed by atoms with Gasteiger partial charge in [0.25, 0.3) is 0 Å². The number of benzene rings is 1. The molecule has 20 heavy (non-hydrogen) atoms. The Labute approximate surface area is 125 Å². The summed E-state index contributed by atoms with van der Waals surface area (Å²) in [7, 11) is 3.46. The number of hydrogen-bond donors (Lipinski definition) is 2. The largest absolute Gasteiger partial charge is 0.349 e. The molecule has 0 unspecified atom stereocenters. The van der Waals surface area contributed by atoms with Crippen molar-refractivity contribution in [3.63, 3.8) is 0 Å². The monoisotopic (exact) mass is 299 g/mol. The molecular weight excluding hydrogens is 278 g/mol. The highest BCUT2D eigenvalue weighted by Crippen LogP contribution is 2.11. The summed E-state index contributed by atoms with van der Waals surface area (Å²) in [6.45, 7) is 0.513. The van der Waals surface area contributed by atoms with Crippen LogP contribution in [0.15, 0.2) is 24.3 Å². The lowest BCUT2D eigenvalue weighted by Crippen LogP contribution is -2.23. The number of anilines is 1. The summed E-state index contributed by atoms with van der Waals surface area (Å²) in [4.78, 5) is 24.6.